The molecule has 3 nitrogen and oxygen atoms in total. The zero-order valence-corrected chi connectivity index (χ0v) is 10.1. The lowest BCUT2D eigenvalue weighted by molar-refractivity contribution is 0.103. The second-order valence-electron chi connectivity index (χ2n) is 4.10. The van der Waals surface area contributed by atoms with E-state index < -0.39 is 0 Å². The summed E-state index contributed by atoms with van der Waals surface area (Å²) in [5.74, 6) is 0.325. The fourth-order valence-electron chi connectivity index (χ4n) is 1.83. The molecule has 3 rings (SSSR count). The summed E-state index contributed by atoms with van der Waals surface area (Å²) >= 11 is 0. The van der Waals surface area contributed by atoms with Gasteiger partial charge in [0.2, 0.25) is 11.7 Å². The van der Waals surface area contributed by atoms with E-state index in [2.05, 4.69) is 4.98 Å². The molecule has 0 aliphatic rings. The highest BCUT2D eigenvalue weighted by atomic mass is 16.3. The van der Waals surface area contributed by atoms with Crippen molar-refractivity contribution in [2.75, 3.05) is 0 Å². The molecule has 1 aromatic heterocycles. The molecular formula is C16H11NO2. The average Bonchev–Trinajstić information content (AvgIpc) is 2.98. The third-order valence-corrected chi connectivity index (χ3v) is 2.79. The van der Waals surface area contributed by atoms with E-state index in [0.717, 1.165) is 5.56 Å². The first-order chi connectivity index (χ1) is 9.34. The van der Waals surface area contributed by atoms with Crippen molar-refractivity contribution >= 4 is 5.78 Å². The van der Waals surface area contributed by atoms with Crippen LogP contribution >= 0.6 is 0 Å². The molecule has 0 fully saturated rings. The molecule has 0 radical (unpaired) electrons. The summed E-state index contributed by atoms with van der Waals surface area (Å²) in [7, 11) is 0. The first-order valence-corrected chi connectivity index (χ1v) is 5.95. The number of hydrogen-bond donors (Lipinski definition) is 0. The minimum atomic E-state index is -0.133. The molecule has 0 aliphatic carbocycles. The quantitative estimate of drug-likeness (QED) is 0.666. The lowest BCUT2D eigenvalue weighted by Gasteiger charge is -1.95. The topological polar surface area (TPSA) is 43.1 Å². The Kier molecular flexibility index (Phi) is 2.94. The van der Waals surface area contributed by atoms with Gasteiger partial charge < -0.3 is 4.42 Å². The van der Waals surface area contributed by atoms with Crippen LogP contribution in [0.2, 0.25) is 0 Å². The van der Waals surface area contributed by atoms with Crippen LogP contribution in [0.5, 0.6) is 0 Å². The largest absolute Gasteiger partial charge is 0.444 e. The van der Waals surface area contributed by atoms with Crippen molar-refractivity contribution in [2.24, 2.45) is 0 Å². The van der Waals surface area contributed by atoms with Crippen molar-refractivity contribution in [3.05, 3.63) is 78.2 Å². The number of rotatable bonds is 3. The molecule has 0 unspecified atom stereocenters. The maximum atomic E-state index is 12.2. The van der Waals surface area contributed by atoms with E-state index in [1.807, 2.05) is 48.5 Å². The van der Waals surface area contributed by atoms with Crippen molar-refractivity contribution in [3.63, 3.8) is 0 Å². The van der Waals surface area contributed by atoms with Crippen molar-refractivity contribution < 1.29 is 9.21 Å². The number of carbonyl (C=O) groups excluding carboxylic acids is 1. The number of hydrogen-bond acceptors (Lipinski definition) is 3. The first-order valence-electron chi connectivity index (χ1n) is 5.95. The SMILES string of the molecule is O=C(c1ccccc1)c1coc(-c2ccccc2)n1. The summed E-state index contributed by atoms with van der Waals surface area (Å²) in [6.07, 6.45) is 1.40. The van der Waals surface area contributed by atoms with Gasteiger partial charge in [-0.1, -0.05) is 48.5 Å². The first kappa shape index (κ1) is 11.4. The Balaban J connectivity index is 1.92. The van der Waals surface area contributed by atoms with Gasteiger partial charge in [-0.15, -0.1) is 0 Å². The number of ketones is 1. The van der Waals surface area contributed by atoms with Crippen LogP contribution in [-0.2, 0) is 0 Å². The van der Waals surface area contributed by atoms with Gasteiger partial charge in [0.15, 0.2) is 5.69 Å². The fraction of sp³-hybridized carbons (Fsp3) is 0. The molecule has 0 bridgehead atoms. The van der Waals surface area contributed by atoms with Gasteiger partial charge in [-0.05, 0) is 12.1 Å². The smallest absolute Gasteiger partial charge is 0.226 e. The lowest BCUT2D eigenvalue weighted by atomic mass is 10.1. The number of nitrogens with zero attached hydrogens (tertiary/aromatic N) is 1. The molecule has 0 aliphatic heterocycles. The van der Waals surface area contributed by atoms with Crippen molar-refractivity contribution in [1.82, 2.24) is 4.98 Å². The maximum absolute atomic E-state index is 12.2. The van der Waals surface area contributed by atoms with E-state index >= 15 is 0 Å². The van der Waals surface area contributed by atoms with Gasteiger partial charge >= 0.3 is 0 Å². The van der Waals surface area contributed by atoms with Crippen molar-refractivity contribution in [2.45, 2.75) is 0 Å². The number of aromatic nitrogens is 1. The normalized spacial score (nSPS) is 10.3. The van der Waals surface area contributed by atoms with Gasteiger partial charge in [0.05, 0.1) is 0 Å². The van der Waals surface area contributed by atoms with Gasteiger partial charge in [-0.3, -0.25) is 4.79 Å². The fourth-order valence-corrected chi connectivity index (χ4v) is 1.83. The van der Waals surface area contributed by atoms with Crippen LogP contribution in [0, 0.1) is 0 Å². The summed E-state index contributed by atoms with van der Waals surface area (Å²) in [5.41, 5.74) is 1.79. The van der Waals surface area contributed by atoms with Gasteiger partial charge in [-0.25, -0.2) is 4.98 Å². The molecule has 3 heteroatoms. The highest BCUT2D eigenvalue weighted by molar-refractivity contribution is 6.07. The van der Waals surface area contributed by atoms with Gasteiger partial charge in [0.1, 0.15) is 6.26 Å². The predicted octanol–water partition coefficient (Wildman–Crippen LogP) is 3.57. The highest BCUT2D eigenvalue weighted by Gasteiger charge is 2.14. The zero-order valence-electron chi connectivity index (χ0n) is 10.1. The second kappa shape index (κ2) is 4.90. The van der Waals surface area contributed by atoms with E-state index in [4.69, 9.17) is 4.42 Å². The zero-order chi connectivity index (χ0) is 13.1. The molecule has 0 saturated carbocycles. The third kappa shape index (κ3) is 2.31. The summed E-state index contributed by atoms with van der Waals surface area (Å²) in [6, 6.07) is 18.5. The summed E-state index contributed by atoms with van der Waals surface area (Å²) in [4.78, 5) is 16.4. The Morgan fingerprint density at radius 3 is 2.21 bits per heavy atom. The van der Waals surface area contributed by atoms with Crippen LogP contribution < -0.4 is 0 Å². The van der Waals surface area contributed by atoms with Crippen LogP contribution in [-0.4, -0.2) is 10.8 Å². The highest BCUT2D eigenvalue weighted by Crippen LogP contribution is 2.19. The Morgan fingerprint density at radius 2 is 1.53 bits per heavy atom. The Bertz CT molecular complexity index is 687. The van der Waals surface area contributed by atoms with Crippen LogP contribution in [0.4, 0.5) is 0 Å². The average molecular weight is 249 g/mol. The van der Waals surface area contributed by atoms with Crippen molar-refractivity contribution in [1.29, 1.82) is 0 Å². The standard InChI is InChI=1S/C16H11NO2/c18-15(12-7-3-1-4-8-12)14-11-19-16(17-14)13-9-5-2-6-10-13/h1-11H. The summed E-state index contributed by atoms with van der Waals surface area (Å²) < 4.78 is 5.36. The van der Waals surface area contributed by atoms with E-state index in [1.165, 1.54) is 6.26 Å². The summed E-state index contributed by atoms with van der Waals surface area (Å²) in [6.45, 7) is 0. The predicted molar refractivity (Wildman–Crippen MR) is 71.8 cm³/mol. The van der Waals surface area contributed by atoms with Gasteiger partial charge in [0, 0.05) is 11.1 Å². The Hall–Kier alpha value is -2.68. The van der Waals surface area contributed by atoms with E-state index in [1.54, 1.807) is 12.1 Å². The van der Waals surface area contributed by atoms with Crippen LogP contribution in [0.15, 0.2) is 71.3 Å². The Labute approximate surface area is 110 Å². The van der Waals surface area contributed by atoms with Crippen LogP contribution in [0.25, 0.3) is 11.5 Å². The minimum Gasteiger partial charge on any atom is -0.444 e. The second-order valence-corrected chi connectivity index (χ2v) is 4.10. The summed E-state index contributed by atoms with van der Waals surface area (Å²) in [5, 5.41) is 0. The van der Waals surface area contributed by atoms with Gasteiger partial charge in [0.25, 0.3) is 0 Å². The molecule has 92 valence electrons. The number of benzene rings is 2. The van der Waals surface area contributed by atoms with Crippen LogP contribution in [0.1, 0.15) is 16.1 Å². The van der Waals surface area contributed by atoms with Crippen LogP contribution in [0.3, 0.4) is 0 Å². The Morgan fingerprint density at radius 1 is 0.895 bits per heavy atom. The van der Waals surface area contributed by atoms with E-state index in [-0.39, 0.29) is 5.78 Å². The molecule has 1 heterocycles. The van der Waals surface area contributed by atoms with Gasteiger partial charge in [-0.2, -0.15) is 0 Å². The monoisotopic (exact) mass is 249 g/mol. The molecule has 0 saturated heterocycles. The number of carbonyl (C=O) groups is 1. The van der Waals surface area contributed by atoms with E-state index in [9.17, 15) is 4.79 Å². The third-order valence-electron chi connectivity index (χ3n) is 2.79. The number of oxazole rings is 1. The molecule has 3 aromatic rings. The van der Waals surface area contributed by atoms with Crippen molar-refractivity contribution in [3.8, 4) is 11.5 Å². The molecule has 0 N–H and O–H groups in total. The molecule has 0 amide bonds. The molecule has 2 aromatic carbocycles. The molecule has 0 spiro atoms. The minimum absolute atomic E-state index is 0.133. The lowest BCUT2D eigenvalue weighted by Crippen LogP contribution is -2.01. The molecule has 0 atom stereocenters. The maximum Gasteiger partial charge on any atom is 0.226 e. The molecular weight excluding hydrogens is 238 g/mol. The molecule has 19 heavy (non-hydrogen) atoms. The van der Waals surface area contributed by atoms with E-state index in [0.29, 0.717) is 17.1 Å².